The van der Waals surface area contributed by atoms with Crippen molar-refractivity contribution in [3.63, 3.8) is 0 Å². The topological polar surface area (TPSA) is 75.9 Å². The summed E-state index contributed by atoms with van der Waals surface area (Å²) in [4.78, 5) is 26.7. The van der Waals surface area contributed by atoms with Gasteiger partial charge < -0.3 is 9.64 Å². The molecule has 0 amide bonds. The van der Waals surface area contributed by atoms with Crippen LogP contribution >= 0.6 is 0 Å². The van der Waals surface area contributed by atoms with Gasteiger partial charge in [-0.25, -0.2) is 4.39 Å². The van der Waals surface area contributed by atoms with Gasteiger partial charge in [0, 0.05) is 50.8 Å². The third-order valence-corrected chi connectivity index (χ3v) is 5.66. The van der Waals surface area contributed by atoms with Crippen molar-refractivity contribution in [1.29, 1.82) is 0 Å². The first-order valence-corrected chi connectivity index (χ1v) is 10.9. The lowest BCUT2D eigenvalue weighted by atomic mass is 10.1. The van der Waals surface area contributed by atoms with Crippen LogP contribution in [0.1, 0.15) is 28.8 Å². The fourth-order valence-electron chi connectivity index (χ4n) is 3.72. The Hall–Kier alpha value is -3.05. The van der Waals surface area contributed by atoms with E-state index in [0.717, 1.165) is 44.9 Å². The predicted octanol–water partition coefficient (Wildman–Crippen LogP) is 4.41. The number of carbonyl (C=O) groups excluding carboxylic acids is 1. The molecule has 1 fully saturated rings. The molecule has 1 aliphatic heterocycles. The normalized spacial score (nSPS) is 15.3. The molecule has 0 spiro atoms. The van der Waals surface area contributed by atoms with E-state index in [4.69, 9.17) is 4.74 Å². The molecule has 0 radical (unpaired) electrons. The van der Waals surface area contributed by atoms with Gasteiger partial charge in [0.2, 0.25) is 0 Å². The Kier molecular flexibility index (Phi) is 8.56. The van der Waals surface area contributed by atoms with Crippen LogP contribution in [-0.2, 0) is 6.18 Å². The van der Waals surface area contributed by atoms with Crippen molar-refractivity contribution in [1.82, 2.24) is 9.80 Å². The molecule has 1 heterocycles. The largest absolute Gasteiger partial charge is 0.485 e. The van der Waals surface area contributed by atoms with Crippen molar-refractivity contribution >= 4 is 11.5 Å². The van der Waals surface area contributed by atoms with E-state index in [0.29, 0.717) is 31.0 Å². The fourth-order valence-corrected chi connectivity index (χ4v) is 3.72. The molecule has 1 aliphatic rings. The monoisotopic (exact) mass is 483 g/mol. The fraction of sp³-hybridized carbons (Fsp3) is 0.435. The van der Waals surface area contributed by atoms with Crippen molar-refractivity contribution in [2.24, 2.45) is 0 Å². The SMILES string of the molecule is O=C(CCCN1CCN(CCOc2ccc(C(F)(F)F)cc2[N+](=O)[O-])CC1)c1ccc(F)cc1. The molecule has 0 aromatic heterocycles. The number of ether oxygens (including phenoxy) is 1. The van der Waals surface area contributed by atoms with Crippen molar-refractivity contribution in [3.05, 3.63) is 69.5 Å². The van der Waals surface area contributed by atoms with E-state index in [2.05, 4.69) is 9.80 Å². The van der Waals surface area contributed by atoms with Crippen LogP contribution in [0, 0.1) is 15.9 Å². The summed E-state index contributed by atoms with van der Waals surface area (Å²) in [5, 5.41) is 11.1. The quantitative estimate of drug-likeness (QED) is 0.216. The van der Waals surface area contributed by atoms with Gasteiger partial charge in [-0.1, -0.05) is 0 Å². The van der Waals surface area contributed by atoms with Crippen LogP contribution in [0.3, 0.4) is 0 Å². The number of piperazine rings is 1. The predicted molar refractivity (Wildman–Crippen MR) is 116 cm³/mol. The number of rotatable bonds is 10. The average molecular weight is 483 g/mol. The average Bonchev–Trinajstić information content (AvgIpc) is 2.80. The maximum absolute atomic E-state index is 12.9. The van der Waals surface area contributed by atoms with E-state index in [1.54, 1.807) is 0 Å². The smallest absolute Gasteiger partial charge is 0.416 e. The molecule has 0 N–H and O–H groups in total. The maximum Gasteiger partial charge on any atom is 0.416 e. The summed E-state index contributed by atoms with van der Waals surface area (Å²) in [5.74, 6) is -0.590. The molecule has 3 rings (SSSR count). The molecule has 2 aromatic carbocycles. The van der Waals surface area contributed by atoms with Crippen LogP contribution in [0.4, 0.5) is 23.2 Å². The highest BCUT2D eigenvalue weighted by atomic mass is 19.4. The zero-order valence-electron chi connectivity index (χ0n) is 18.4. The highest BCUT2D eigenvalue weighted by Crippen LogP contribution is 2.36. The van der Waals surface area contributed by atoms with Gasteiger partial charge in [-0.3, -0.25) is 19.8 Å². The molecule has 11 heteroatoms. The number of Topliss-reactive ketones (excluding diaryl/α,β-unsaturated/α-hetero) is 1. The number of hydrogen-bond donors (Lipinski definition) is 0. The minimum atomic E-state index is -4.67. The Balaban J connectivity index is 1.37. The molecule has 1 saturated heterocycles. The van der Waals surface area contributed by atoms with Crippen LogP contribution < -0.4 is 4.74 Å². The van der Waals surface area contributed by atoms with Gasteiger partial charge in [-0.05, 0) is 49.4 Å². The van der Waals surface area contributed by atoms with Gasteiger partial charge in [-0.2, -0.15) is 13.2 Å². The minimum Gasteiger partial charge on any atom is -0.485 e. The van der Waals surface area contributed by atoms with Gasteiger partial charge >= 0.3 is 11.9 Å². The lowest BCUT2D eigenvalue weighted by Crippen LogP contribution is -2.47. The van der Waals surface area contributed by atoms with E-state index in [9.17, 15) is 32.5 Å². The number of nitrogens with zero attached hydrogens (tertiary/aromatic N) is 3. The number of hydrogen-bond acceptors (Lipinski definition) is 6. The van der Waals surface area contributed by atoms with E-state index < -0.39 is 22.4 Å². The molecule has 34 heavy (non-hydrogen) atoms. The molecular formula is C23H25F4N3O4. The summed E-state index contributed by atoms with van der Waals surface area (Å²) in [6.07, 6.45) is -3.60. The Morgan fingerprint density at radius 1 is 1.00 bits per heavy atom. The van der Waals surface area contributed by atoms with E-state index in [1.807, 2.05) is 0 Å². The summed E-state index contributed by atoms with van der Waals surface area (Å²) < 4.78 is 56.7. The molecule has 184 valence electrons. The first kappa shape index (κ1) is 25.6. The van der Waals surface area contributed by atoms with Crippen LogP contribution in [0.15, 0.2) is 42.5 Å². The Bertz CT molecular complexity index is 991. The number of carbonyl (C=O) groups is 1. The van der Waals surface area contributed by atoms with Gasteiger partial charge in [0.25, 0.3) is 0 Å². The third-order valence-electron chi connectivity index (χ3n) is 5.66. The highest BCUT2D eigenvalue weighted by molar-refractivity contribution is 5.95. The summed E-state index contributed by atoms with van der Waals surface area (Å²) in [6.45, 7) is 4.40. The summed E-state index contributed by atoms with van der Waals surface area (Å²) in [6, 6.07) is 7.73. The lowest BCUT2D eigenvalue weighted by Gasteiger charge is -2.34. The van der Waals surface area contributed by atoms with Crippen molar-refractivity contribution in [2.75, 3.05) is 45.9 Å². The van der Waals surface area contributed by atoms with Gasteiger partial charge in [0.05, 0.1) is 10.5 Å². The van der Waals surface area contributed by atoms with Crippen LogP contribution in [0.2, 0.25) is 0 Å². The zero-order chi connectivity index (χ0) is 24.7. The lowest BCUT2D eigenvalue weighted by molar-refractivity contribution is -0.386. The third kappa shape index (κ3) is 7.22. The first-order valence-electron chi connectivity index (χ1n) is 10.9. The number of alkyl halides is 3. The molecule has 0 aliphatic carbocycles. The van der Waals surface area contributed by atoms with Gasteiger partial charge in [0.1, 0.15) is 12.4 Å². The summed E-state index contributed by atoms with van der Waals surface area (Å²) in [5.41, 5.74) is -1.31. The minimum absolute atomic E-state index is 0.0202. The number of ketones is 1. The van der Waals surface area contributed by atoms with Crippen molar-refractivity contribution in [3.8, 4) is 5.75 Å². The number of nitro benzene ring substituents is 1. The number of halogens is 4. The first-order chi connectivity index (χ1) is 16.1. The molecule has 0 saturated carbocycles. The van der Waals surface area contributed by atoms with E-state index >= 15 is 0 Å². The van der Waals surface area contributed by atoms with Crippen molar-refractivity contribution in [2.45, 2.75) is 19.0 Å². The van der Waals surface area contributed by atoms with E-state index in [-0.39, 0.29) is 24.0 Å². The molecule has 7 nitrogen and oxygen atoms in total. The van der Waals surface area contributed by atoms with Gasteiger partial charge in [0.15, 0.2) is 11.5 Å². The number of nitro groups is 1. The molecule has 0 unspecified atom stereocenters. The molecule has 2 aromatic rings. The molecule has 0 bridgehead atoms. The van der Waals surface area contributed by atoms with Crippen LogP contribution in [0.25, 0.3) is 0 Å². The van der Waals surface area contributed by atoms with Gasteiger partial charge in [-0.15, -0.1) is 0 Å². The highest BCUT2D eigenvalue weighted by Gasteiger charge is 2.33. The van der Waals surface area contributed by atoms with Crippen LogP contribution in [-0.4, -0.2) is 66.4 Å². The standard InChI is InChI=1S/C23H25F4N3O4/c24-19-6-3-17(4-7-19)21(31)2-1-9-28-10-12-29(13-11-28)14-15-34-22-8-5-18(23(25,26)27)16-20(22)30(32)33/h3-8,16H,1-2,9-15H2. The summed E-state index contributed by atoms with van der Waals surface area (Å²) in [7, 11) is 0. The summed E-state index contributed by atoms with van der Waals surface area (Å²) >= 11 is 0. The number of benzene rings is 2. The Morgan fingerprint density at radius 2 is 1.62 bits per heavy atom. The zero-order valence-corrected chi connectivity index (χ0v) is 18.4. The second-order valence-electron chi connectivity index (χ2n) is 8.00. The Labute approximate surface area is 194 Å². The second kappa shape index (κ2) is 11.4. The maximum atomic E-state index is 12.9. The van der Waals surface area contributed by atoms with E-state index in [1.165, 1.54) is 24.3 Å². The Morgan fingerprint density at radius 3 is 2.21 bits per heavy atom. The van der Waals surface area contributed by atoms with Crippen LogP contribution in [0.5, 0.6) is 5.75 Å². The molecular weight excluding hydrogens is 458 g/mol. The van der Waals surface area contributed by atoms with Crippen molar-refractivity contribution < 1.29 is 32.0 Å². The second-order valence-corrected chi connectivity index (χ2v) is 8.00. The molecule has 0 atom stereocenters.